The molecule has 0 aromatic heterocycles. The maximum atomic E-state index is 6.04. The summed E-state index contributed by atoms with van der Waals surface area (Å²) < 4.78 is 5.32. The minimum Gasteiger partial charge on any atom is -0.362 e. The maximum absolute atomic E-state index is 6.04. The first-order chi connectivity index (χ1) is 6.25. The first-order valence-electron chi connectivity index (χ1n) is 4.56. The largest absolute Gasteiger partial charge is 0.362 e. The molecule has 0 radical (unpaired) electrons. The van der Waals surface area contributed by atoms with Crippen LogP contribution in [0, 0.1) is 0 Å². The molecule has 0 bridgehead atoms. The number of alkyl halides is 1. The summed E-state index contributed by atoms with van der Waals surface area (Å²) in [6.45, 7) is 4.68. The Balaban J connectivity index is 2.62. The van der Waals surface area contributed by atoms with Crippen LogP contribution in [0.5, 0.6) is 0 Å². The monoisotopic (exact) mass is 198 g/mol. The third kappa shape index (κ3) is 3.02. The Morgan fingerprint density at radius 3 is 2.46 bits per heavy atom. The van der Waals surface area contributed by atoms with Crippen molar-refractivity contribution in [3.8, 4) is 0 Å². The minimum atomic E-state index is -0.229. The van der Waals surface area contributed by atoms with Crippen LogP contribution in [0.2, 0.25) is 0 Å². The van der Waals surface area contributed by atoms with Crippen molar-refractivity contribution in [2.45, 2.75) is 25.3 Å². The predicted octanol–water partition coefficient (Wildman–Crippen LogP) is 3.39. The average Bonchev–Trinajstić information content (AvgIpc) is 2.18. The van der Waals surface area contributed by atoms with Gasteiger partial charge in [-0.1, -0.05) is 48.9 Å². The van der Waals surface area contributed by atoms with Crippen LogP contribution in [0.3, 0.4) is 0 Å². The topological polar surface area (TPSA) is 9.23 Å². The highest BCUT2D eigenvalue weighted by Crippen LogP contribution is 2.23. The van der Waals surface area contributed by atoms with Gasteiger partial charge in [0.2, 0.25) is 0 Å². The van der Waals surface area contributed by atoms with E-state index in [1.807, 2.05) is 25.1 Å². The lowest BCUT2D eigenvalue weighted by Crippen LogP contribution is -2.13. The zero-order valence-electron chi connectivity index (χ0n) is 8.03. The average molecular weight is 199 g/mol. The van der Waals surface area contributed by atoms with E-state index in [9.17, 15) is 0 Å². The Labute approximate surface area is 84.7 Å². The lowest BCUT2D eigenvalue weighted by molar-refractivity contribution is 0.104. The summed E-state index contributed by atoms with van der Waals surface area (Å²) in [5.41, 5.74) is 0.989. The van der Waals surface area contributed by atoms with Crippen molar-refractivity contribution in [2.24, 2.45) is 0 Å². The molecule has 72 valence electrons. The zero-order chi connectivity index (χ0) is 9.68. The Hall–Kier alpha value is -0.530. The highest BCUT2D eigenvalue weighted by Gasteiger charge is 2.15. The Morgan fingerprint density at radius 2 is 1.92 bits per heavy atom. The Kier molecular flexibility index (Phi) is 4.26. The molecule has 0 N–H and O–H groups in total. The fraction of sp³-hybridized carbons (Fsp3) is 0.455. The van der Waals surface area contributed by atoms with Crippen LogP contribution in [-0.4, -0.2) is 12.2 Å². The number of hydrogen-bond donors (Lipinski definition) is 0. The molecule has 0 saturated carbocycles. The fourth-order valence-corrected chi connectivity index (χ4v) is 1.48. The zero-order valence-corrected chi connectivity index (χ0v) is 8.79. The van der Waals surface area contributed by atoms with Crippen LogP contribution in [0.1, 0.15) is 25.3 Å². The summed E-state index contributed by atoms with van der Waals surface area (Å²) >= 11 is 6.04. The van der Waals surface area contributed by atoms with Gasteiger partial charge in [-0.3, -0.25) is 0 Å². The summed E-state index contributed by atoms with van der Waals surface area (Å²) in [6.07, 6.45) is 0. The highest BCUT2D eigenvalue weighted by atomic mass is 35.5. The van der Waals surface area contributed by atoms with E-state index in [1.165, 1.54) is 5.56 Å². The van der Waals surface area contributed by atoms with Crippen LogP contribution in [0.15, 0.2) is 30.3 Å². The molecule has 2 heteroatoms. The van der Waals surface area contributed by atoms with Crippen molar-refractivity contribution in [3.05, 3.63) is 35.9 Å². The predicted molar refractivity (Wildman–Crippen MR) is 56.1 cm³/mol. The van der Waals surface area contributed by atoms with Gasteiger partial charge in [-0.25, -0.2) is 0 Å². The van der Waals surface area contributed by atoms with E-state index in [-0.39, 0.29) is 11.5 Å². The molecule has 0 aliphatic rings. The van der Waals surface area contributed by atoms with Crippen LogP contribution < -0.4 is 0 Å². The van der Waals surface area contributed by atoms with Crippen LogP contribution in [0.25, 0.3) is 0 Å². The van der Waals surface area contributed by atoms with Gasteiger partial charge >= 0.3 is 0 Å². The second-order valence-electron chi connectivity index (χ2n) is 3.01. The summed E-state index contributed by atoms with van der Waals surface area (Å²) in [5.74, 6) is 0.239. The molecule has 13 heavy (non-hydrogen) atoms. The van der Waals surface area contributed by atoms with Crippen molar-refractivity contribution < 1.29 is 4.74 Å². The molecule has 0 saturated heterocycles. The molecule has 2 unspecified atom stereocenters. The van der Waals surface area contributed by atoms with E-state index in [2.05, 4.69) is 19.1 Å². The van der Waals surface area contributed by atoms with Gasteiger partial charge in [0.25, 0.3) is 0 Å². The first kappa shape index (κ1) is 10.6. The van der Waals surface area contributed by atoms with Gasteiger partial charge in [-0.05, 0) is 12.5 Å². The van der Waals surface area contributed by atoms with Crippen molar-refractivity contribution in [2.75, 3.05) is 6.61 Å². The van der Waals surface area contributed by atoms with Crippen molar-refractivity contribution in [1.29, 1.82) is 0 Å². The number of rotatable bonds is 4. The van der Waals surface area contributed by atoms with E-state index >= 15 is 0 Å². The molecule has 2 atom stereocenters. The SMILES string of the molecule is CCOC(Cl)C(C)c1ccccc1. The molecule has 1 aromatic rings. The molecule has 0 aliphatic heterocycles. The number of hydrogen-bond acceptors (Lipinski definition) is 1. The molecule has 1 rings (SSSR count). The first-order valence-corrected chi connectivity index (χ1v) is 5.00. The van der Waals surface area contributed by atoms with Gasteiger partial charge in [-0.15, -0.1) is 0 Å². The van der Waals surface area contributed by atoms with Crippen LogP contribution >= 0.6 is 11.6 Å². The fourth-order valence-electron chi connectivity index (χ4n) is 1.21. The van der Waals surface area contributed by atoms with E-state index in [0.29, 0.717) is 6.61 Å². The van der Waals surface area contributed by atoms with Crippen molar-refractivity contribution in [3.63, 3.8) is 0 Å². The molecule has 0 amide bonds. The standard InChI is InChI=1S/C11H15ClO/c1-3-13-11(12)9(2)10-7-5-4-6-8-10/h4-9,11H,3H2,1-2H3. The summed E-state index contributed by atoms with van der Waals surface area (Å²) in [5, 5.41) is 0. The van der Waals surface area contributed by atoms with Gasteiger partial charge in [0.1, 0.15) is 5.56 Å². The lowest BCUT2D eigenvalue weighted by Gasteiger charge is -2.17. The van der Waals surface area contributed by atoms with Crippen molar-refractivity contribution in [1.82, 2.24) is 0 Å². The van der Waals surface area contributed by atoms with Crippen LogP contribution in [0.4, 0.5) is 0 Å². The van der Waals surface area contributed by atoms with Gasteiger partial charge < -0.3 is 4.74 Å². The smallest absolute Gasteiger partial charge is 0.137 e. The summed E-state index contributed by atoms with van der Waals surface area (Å²) in [4.78, 5) is 0. The van der Waals surface area contributed by atoms with Gasteiger partial charge in [-0.2, -0.15) is 0 Å². The molecule has 0 heterocycles. The molecular formula is C11H15ClO. The number of halogens is 1. The number of ether oxygens (including phenoxy) is 1. The molecule has 1 aromatic carbocycles. The molecule has 1 nitrogen and oxygen atoms in total. The third-order valence-electron chi connectivity index (χ3n) is 2.04. The number of benzene rings is 1. The molecular weight excluding hydrogens is 184 g/mol. The second kappa shape index (κ2) is 5.25. The Morgan fingerprint density at radius 1 is 1.31 bits per heavy atom. The lowest BCUT2D eigenvalue weighted by atomic mass is 10.0. The van der Waals surface area contributed by atoms with E-state index in [1.54, 1.807) is 0 Å². The van der Waals surface area contributed by atoms with Crippen molar-refractivity contribution >= 4 is 11.6 Å². The van der Waals surface area contributed by atoms with Gasteiger partial charge in [0, 0.05) is 12.5 Å². The quantitative estimate of drug-likeness (QED) is 0.674. The highest BCUT2D eigenvalue weighted by molar-refractivity contribution is 6.20. The summed E-state index contributed by atoms with van der Waals surface area (Å²) in [7, 11) is 0. The van der Waals surface area contributed by atoms with Crippen LogP contribution in [-0.2, 0) is 4.74 Å². The molecule has 0 aliphatic carbocycles. The van der Waals surface area contributed by atoms with Gasteiger partial charge in [0.15, 0.2) is 0 Å². The summed E-state index contributed by atoms with van der Waals surface area (Å²) in [6, 6.07) is 10.2. The van der Waals surface area contributed by atoms with E-state index in [0.717, 1.165) is 0 Å². The Bertz CT molecular complexity index is 235. The normalized spacial score (nSPS) is 15.3. The molecule has 0 spiro atoms. The third-order valence-corrected chi connectivity index (χ3v) is 2.55. The van der Waals surface area contributed by atoms with E-state index < -0.39 is 0 Å². The van der Waals surface area contributed by atoms with E-state index in [4.69, 9.17) is 16.3 Å². The maximum Gasteiger partial charge on any atom is 0.137 e. The van der Waals surface area contributed by atoms with Gasteiger partial charge in [0.05, 0.1) is 0 Å². The minimum absolute atomic E-state index is 0.229. The molecule has 0 fully saturated rings. The second-order valence-corrected chi connectivity index (χ2v) is 3.44.